The molecule has 100 valence electrons. The Balaban J connectivity index is 2.04. The number of rotatable bonds is 3. The van der Waals surface area contributed by atoms with Gasteiger partial charge in [0.25, 0.3) is 0 Å². The van der Waals surface area contributed by atoms with Crippen LogP contribution in [0.15, 0.2) is 23.1 Å². The minimum Gasteiger partial charge on any atom is -0.327 e. The molecule has 0 amide bonds. The highest BCUT2D eigenvalue weighted by molar-refractivity contribution is 8.00. The maximum Gasteiger partial charge on any atom is 0.159 e. The SMILES string of the molecule is CCC1CCC(N)C(Sc2ccc(F)c(F)c2)C1. The maximum atomic E-state index is 13.2. The van der Waals surface area contributed by atoms with E-state index in [2.05, 4.69) is 6.92 Å². The van der Waals surface area contributed by atoms with Crippen molar-refractivity contribution in [1.82, 2.24) is 0 Å². The number of halogens is 2. The molecule has 1 nitrogen and oxygen atoms in total. The van der Waals surface area contributed by atoms with Gasteiger partial charge in [0.05, 0.1) is 0 Å². The summed E-state index contributed by atoms with van der Waals surface area (Å²) in [5.41, 5.74) is 6.12. The topological polar surface area (TPSA) is 26.0 Å². The summed E-state index contributed by atoms with van der Waals surface area (Å²) < 4.78 is 26.0. The van der Waals surface area contributed by atoms with Crippen molar-refractivity contribution in [2.75, 3.05) is 0 Å². The molecule has 0 aliphatic heterocycles. The van der Waals surface area contributed by atoms with Crippen molar-refractivity contribution < 1.29 is 8.78 Å². The third-order valence-electron chi connectivity index (χ3n) is 3.71. The van der Waals surface area contributed by atoms with E-state index in [-0.39, 0.29) is 6.04 Å². The van der Waals surface area contributed by atoms with Crippen LogP contribution in [-0.4, -0.2) is 11.3 Å². The Hall–Kier alpha value is -0.610. The quantitative estimate of drug-likeness (QED) is 0.900. The summed E-state index contributed by atoms with van der Waals surface area (Å²) >= 11 is 1.58. The van der Waals surface area contributed by atoms with Gasteiger partial charge in [-0.1, -0.05) is 13.3 Å². The van der Waals surface area contributed by atoms with Crippen LogP contribution in [-0.2, 0) is 0 Å². The molecule has 1 fully saturated rings. The summed E-state index contributed by atoms with van der Waals surface area (Å²) in [4.78, 5) is 0.770. The summed E-state index contributed by atoms with van der Waals surface area (Å²) in [5, 5.41) is 0.313. The fourth-order valence-corrected chi connectivity index (χ4v) is 3.81. The second kappa shape index (κ2) is 6.02. The largest absolute Gasteiger partial charge is 0.327 e. The van der Waals surface area contributed by atoms with Crippen LogP contribution in [0.2, 0.25) is 0 Å². The Morgan fingerprint density at radius 2 is 2.06 bits per heavy atom. The molecule has 3 atom stereocenters. The molecule has 1 aliphatic rings. The highest BCUT2D eigenvalue weighted by atomic mass is 32.2. The molecule has 18 heavy (non-hydrogen) atoms. The number of benzene rings is 1. The minimum absolute atomic E-state index is 0.158. The van der Waals surface area contributed by atoms with Crippen molar-refractivity contribution in [2.24, 2.45) is 11.7 Å². The highest BCUT2D eigenvalue weighted by Gasteiger charge is 2.28. The van der Waals surface area contributed by atoms with Crippen molar-refractivity contribution in [1.29, 1.82) is 0 Å². The lowest BCUT2D eigenvalue weighted by Gasteiger charge is -2.33. The van der Waals surface area contributed by atoms with Gasteiger partial charge in [-0.25, -0.2) is 8.78 Å². The minimum atomic E-state index is -0.793. The Morgan fingerprint density at radius 3 is 2.72 bits per heavy atom. The average Bonchev–Trinajstić information content (AvgIpc) is 2.36. The molecular weight excluding hydrogens is 252 g/mol. The first-order chi connectivity index (χ1) is 8.60. The van der Waals surface area contributed by atoms with Crippen LogP contribution in [0.4, 0.5) is 8.78 Å². The molecule has 0 radical (unpaired) electrons. The molecular formula is C14H19F2NS. The summed E-state index contributed by atoms with van der Waals surface area (Å²) in [6, 6.07) is 4.24. The van der Waals surface area contributed by atoms with Gasteiger partial charge in [-0.3, -0.25) is 0 Å². The first-order valence-electron chi connectivity index (χ1n) is 6.47. The van der Waals surface area contributed by atoms with Gasteiger partial charge in [-0.2, -0.15) is 0 Å². The monoisotopic (exact) mass is 271 g/mol. The average molecular weight is 271 g/mol. The van der Waals surface area contributed by atoms with Gasteiger partial charge in [0, 0.05) is 16.2 Å². The molecule has 0 spiro atoms. The maximum absolute atomic E-state index is 13.2. The summed E-state index contributed by atoms with van der Waals surface area (Å²) in [6.07, 6.45) is 4.45. The first kappa shape index (κ1) is 13.8. The highest BCUT2D eigenvalue weighted by Crippen LogP contribution is 2.37. The fraction of sp³-hybridized carbons (Fsp3) is 0.571. The molecule has 2 N–H and O–H groups in total. The van der Waals surface area contributed by atoms with Gasteiger partial charge < -0.3 is 5.73 Å². The van der Waals surface area contributed by atoms with E-state index < -0.39 is 11.6 Å². The molecule has 2 rings (SSSR count). The van der Waals surface area contributed by atoms with Crippen LogP contribution >= 0.6 is 11.8 Å². The normalized spacial score (nSPS) is 28.3. The van der Waals surface area contributed by atoms with E-state index in [1.165, 1.54) is 25.0 Å². The molecule has 3 unspecified atom stereocenters. The van der Waals surface area contributed by atoms with Crippen LogP contribution in [0.1, 0.15) is 32.6 Å². The van der Waals surface area contributed by atoms with Crippen LogP contribution in [0.25, 0.3) is 0 Å². The van der Waals surface area contributed by atoms with E-state index in [4.69, 9.17) is 5.73 Å². The second-order valence-corrected chi connectivity index (χ2v) is 6.30. The standard InChI is InChI=1S/C14H19F2NS/c1-2-9-3-6-13(17)14(7-9)18-10-4-5-11(15)12(16)8-10/h4-5,8-9,13-14H,2-3,6-7,17H2,1H3. The molecule has 0 saturated heterocycles. The van der Waals surface area contributed by atoms with E-state index in [0.29, 0.717) is 11.2 Å². The number of hydrogen-bond donors (Lipinski definition) is 1. The number of nitrogens with two attached hydrogens (primary N) is 1. The molecule has 0 bridgehead atoms. The zero-order valence-electron chi connectivity index (χ0n) is 10.5. The van der Waals surface area contributed by atoms with Crippen LogP contribution in [0.3, 0.4) is 0 Å². The van der Waals surface area contributed by atoms with E-state index in [9.17, 15) is 8.78 Å². The zero-order valence-corrected chi connectivity index (χ0v) is 11.4. The van der Waals surface area contributed by atoms with E-state index in [0.717, 1.165) is 17.7 Å². The van der Waals surface area contributed by atoms with Crippen molar-refractivity contribution in [3.8, 4) is 0 Å². The second-order valence-electron chi connectivity index (χ2n) is 4.98. The molecule has 1 saturated carbocycles. The summed E-state index contributed by atoms with van der Waals surface area (Å²) in [7, 11) is 0. The van der Waals surface area contributed by atoms with Gasteiger partial charge in [-0.05, 0) is 43.4 Å². The Morgan fingerprint density at radius 1 is 1.28 bits per heavy atom. The molecule has 1 aromatic rings. The Labute approximate surface area is 111 Å². The van der Waals surface area contributed by atoms with Crippen LogP contribution < -0.4 is 5.73 Å². The number of hydrogen-bond acceptors (Lipinski definition) is 2. The van der Waals surface area contributed by atoms with Gasteiger partial charge in [-0.15, -0.1) is 11.8 Å². The third-order valence-corrected chi connectivity index (χ3v) is 5.08. The van der Waals surface area contributed by atoms with Crippen molar-refractivity contribution >= 4 is 11.8 Å². The summed E-state index contributed by atoms with van der Waals surface area (Å²) in [5.74, 6) is -0.859. The van der Waals surface area contributed by atoms with Gasteiger partial charge in [0.1, 0.15) is 0 Å². The van der Waals surface area contributed by atoms with Gasteiger partial charge in [0.15, 0.2) is 11.6 Å². The lowest BCUT2D eigenvalue weighted by Crippen LogP contribution is -2.38. The zero-order chi connectivity index (χ0) is 13.1. The van der Waals surface area contributed by atoms with Gasteiger partial charge >= 0.3 is 0 Å². The molecule has 1 aliphatic carbocycles. The van der Waals surface area contributed by atoms with Crippen molar-refractivity contribution in [2.45, 2.75) is 48.8 Å². The van der Waals surface area contributed by atoms with Crippen molar-refractivity contribution in [3.05, 3.63) is 29.8 Å². The van der Waals surface area contributed by atoms with Crippen LogP contribution in [0.5, 0.6) is 0 Å². The summed E-state index contributed by atoms with van der Waals surface area (Å²) in [6.45, 7) is 2.20. The Bertz CT molecular complexity index is 411. The molecule has 1 aromatic carbocycles. The fourth-order valence-electron chi connectivity index (χ4n) is 2.47. The van der Waals surface area contributed by atoms with Crippen LogP contribution in [0, 0.1) is 17.6 Å². The number of thioether (sulfide) groups is 1. The third kappa shape index (κ3) is 3.23. The molecule has 0 heterocycles. The smallest absolute Gasteiger partial charge is 0.159 e. The molecule has 4 heteroatoms. The lowest BCUT2D eigenvalue weighted by atomic mass is 9.84. The predicted octanol–water partition coefficient (Wildman–Crippen LogP) is 3.96. The Kier molecular flexibility index (Phi) is 4.62. The van der Waals surface area contributed by atoms with E-state index >= 15 is 0 Å². The first-order valence-corrected chi connectivity index (χ1v) is 7.35. The van der Waals surface area contributed by atoms with Gasteiger partial charge in [0.2, 0.25) is 0 Å². The van der Waals surface area contributed by atoms with E-state index in [1.54, 1.807) is 17.8 Å². The van der Waals surface area contributed by atoms with Crippen molar-refractivity contribution in [3.63, 3.8) is 0 Å². The van der Waals surface area contributed by atoms with E-state index in [1.807, 2.05) is 0 Å². The molecule has 0 aromatic heterocycles. The predicted molar refractivity (Wildman–Crippen MR) is 71.6 cm³/mol. The lowest BCUT2D eigenvalue weighted by molar-refractivity contribution is 0.327.